The fraction of sp³-hybridized carbons (Fsp3) is 1.00. The fourth-order valence-electron chi connectivity index (χ4n) is 9.48. The maximum atomic E-state index is 6.83. The van der Waals surface area contributed by atoms with Gasteiger partial charge in [0.05, 0.1) is 12.7 Å². The second-order valence-electron chi connectivity index (χ2n) is 13.4. The summed E-state index contributed by atoms with van der Waals surface area (Å²) in [5, 5.41) is 0. The average Bonchev–Trinajstić information content (AvgIpc) is 3.56. The summed E-state index contributed by atoms with van der Waals surface area (Å²) in [6, 6.07) is 3.37. The van der Waals surface area contributed by atoms with E-state index >= 15 is 0 Å². The van der Waals surface area contributed by atoms with Crippen LogP contribution in [0.25, 0.3) is 0 Å². The van der Waals surface area contributed by atoms with Crippen molar-refractivity contribution in [2.24, 2.45) is 5.92 Å². The Hall–Kier alpha value is -0.160. The highest BCUT2D eigenvalue weighted by atomic mass is 16.5. The Morgan fingerprint density at radius 3 is 1.85 bits per heavy atom. The molecule has 4 unspecified atom stereocenters. The number of ether oxygens (including phenoxy) is 1. The van der Waals surface area contributed by atoms with E-state index in [9.17, 15) is 0 Å². The minimum Gasteiger partial charge on any atom is -0.375 e. The molecular weight excluding hydrogens is 406 g/mol. The predicted molar refractivity (Wildman–Crippen MR) is 138 cm³/mol. The van der Waals surface area contributed by atoms with Crippen molar-refractivity contribution in [2.45, 2.75) is 160 Å². The van der Waals surface area contributed by atoms with Crippen LogP contribution in [0, 0.1) is 5.92 Å². The van der Waals surface area contributed by atoms with Gasteiger partial charge in [-0.1, -0.05) is 12.8 Å². The van der Waals surface area contributed by atoms with Gasteiger partial charge < -0.3 is 9.64 Å². The third-order valence-electron chi connectivity index (χ3n) is 10.7. The highest BCUT2D eigenvalue weighted by Crippen LogP contribution is 2.52. The highest BCUT2D eigenvalue weighted by molar-refractivity contribution is 5.13. The Bertz CT molecular complexity index is 664. The molecule has 4 saturated heterocycles. The summed E-state index contributed by atoms with van der Waals surface area (Å²) >= 11 is 0. The molecule has 0 aromatic carbocycles. The molecule has 0 amide bonds. The zero-order chi connectivity index (χ0) is 23.4. The highest BCUT2D eigenvalue weighted by Gasteiger charge is 2.58. The summed E-state index contributed by atoms with van der Waals surface area (Å²) in [5.74, 6) is 0.876. The Labute approximate surface area is 204 Å². The van der Waals surface area contributed by atoms with Crippen molar-refractivity contribution in [3.05, 3.63) is 0 Å². The summed E-state index contributed by atoms with van der Waals surface area (Å²) in [4.78, 5) is 8.63. The average molecular weight is 460 g/mol. The zero-order valence-corrected chi connectivity index (χ0v) is 22.7. The zero-order valence-electron chi connectivity index (χ0n) is 22.7. The van der Waals surface area contributed by atoms with Gasteiger partial charge in [-0.25, -0.2) is 0 Å². The van der Waals surface area contributed by atoms with Crippen molar-refractivity contribution < 1.29 is 4.74 Å². The van der Waals surface area contributed by atoms with E-state index in [-0.39, 0.29) is 0 Å². The molecule has 5 aliphatic rings. The Morgan fingerprint density at radius 2 is 1.24 bits per heavy atom. The van der Waals surface area contributed by atoms with Gasteiger partial charge in [-0.15, -0.1) is 0 Å². The van der Waals surface area contributed by atoms with Gasteiger partial charge in [-0.05, 0) is 118 Å². The van der Waals surface area contributed by atoms with E-state index < -0.39 is 0 Å². The van der Waals surface area contributed by atoms with E-state index in [0.717, 1.165) is 18.6 Å². The van der Waals surface area contributed by atoms with Crippen molar-refractivity contribution in [2.75, 3.05) is 19.7 Å². The molecule has 0 bridgehead atoms. The van der Waals surface area contributed by atoms with Crippen LogP contribution in [-0.4, -0.2) is 81.8 Å². The van der Waals surface area contributed by atoms with Crippen LogP contribution in [-0.2, 0) is 4.74 Å². The lowest BCUT2D eigenvalue weighted by Gasteiger charge is -2.46. The molecule has 33 heavy (non-hydrogen) atoms. The monoisotopic (exact) mass is 459 g/mol. The van der Waals surface area contributed by atoms with Gasteiger partial charge in [-0.2, -0.15) is 0 Å². The van der Waals surface area contributed by atoms with Gasteiger partial charge in [-0.3, -0.25) is 9.80 Å². The predicted octanol–water partition coefficient (Wildman–Crippen LogP) is 5.69. The number of rotatable bonds is 5. The molecule has 0 N–H and O–H groups in total. The molecule has 5 fully saturated rings. The van der Waals surface area contributed by atoms with Crippen molar-refractivity contribution in [1.82, 2.24) is 14.7 Å². The van der Waals surface area contributed by atoms with Crippen molar-refractivity contribution in [1.29, 1.82) is 0 Å². The SMILES string of the molecule is CC(C)N1CCC(C2CCC3(COC(C4CCC5(CCCC5)N4C(C)C)C3)N2C(C)C)CC1. The van der Waals surface area contributed by atoms with E-state index in [1.54, 1.807) is 0 Å². The first-order valence-electron chi connectivity index (χ1n) is 14.7. The molecule has 190 valence electrons. The minimum atomic E-state index is 0.298. The molecule has 4 nitrogen and oxygen atoms in total. The van der Waals surface area contributed by atoms with E-state index in [2.05, 4.69) is 56.2 Å². The first-order chi connectivity index (χ1) is 15.8. The molecule has 1 saturated carbocycles. The number of likely N-dealkylation sites (tertiary alicyclic amines) is 3. The maximum Gasteiger partial charge on any atom is 0.0750 e. The minimum absolute atomic E-state index is 0.298. The summed E-state index contributed by atoms with van der Waals surface area (Å²) in [5.41, 5.74) is 0.797. The lowest BCUT2D eigenvalue weighted by Crippen LogP contribution is -2.56. The van der Waals surface area contributed by atoms with Crippen LogP contribution in [0.15, 0.2) is 0 Å². The van der Waals surface area contributed by atoms with Crippen molar-refractivity contribution >= 4 is 0 Å². The second kappa shape index (κ2) is 9.37. The molecule has 1 aliphatic carbocycles. The van der Waals surface area contributed by atoms with Crippen LogP contribution < -0.4 is 0 Å². The molecule has 0 aromatic rings. The van der Waals surface area contributed by atoms with Gasteiger partial charge in [0.15, 0.2) is 0 Å². The molecule has 2 spiro atoms. The van der Waals surface area contributed by atoms with Crippen LogP contribution in [0.1, 0.15) is 112 Å². The van der Waals surface area contributed by atoms with Crippen LogP contribution in [0.3, 0.4) is 0 Å². The lowest BCUT2D eigenvalue weighted by atomic mass is 9.87. The van der Waals surface area contributed by atoms with Crippen LogP contribution >= 0.6 is 0 Å². The van der Waals surface area contributed by atoms with E-state index in [4.69, 9.17) is 4.74 Å². The molecule has 4 heterocycles. The van der Waals surface area contributed by atoms with E-state index in [1.165, 1.54) is 83.7 Å². The van der Waals surface area contributed by atoms with Crippen molar-refractivity contribution in [3.63, 3.8) is 0 Å². The summed E-state index contributed by atoms with van der Waals surface area (Å²) in [7, 11) is 0. The number of piperidine rings is 1. The topological polar surface area (TPSA) is 19.0 Å². The van der Waals surface area contributed by atoms with Crippen LogP contribution in [0.2, 0.25) is 0 Å². The molecule has 0 aromatic heterocycles. The first kappa shape index (κ1) is 24.5. The Morgan fingerprint density at radius 1 is 0.667 bits per heavy atom. The number of hydrogen-bond donors (Lipinski definition) is 0. The summed E-state index contributed by atoms with van der Waals surface area (Å²) < 4.78 is 6.83. The van der Waals surface area contributed by atoms with Crippen LogP contribution in [0.4, 0.5) is 0 Å². The van der Waals surface area contributed by atoms with Gasteiger partial charge in [0.2, 0.25) is 0 Å². The number of hydrogen-bond acceptors (Lipinski definition) is 4. The Balaban J connectivity index is 1.30. The quantitative estimate of drug-likeness (QED) is 0.525. The first-order valence-corrected chi connectivity index (χ1v) is 14.7. The molecule has 4 aliphatic heterocycles. The molecular formula is C29H53N3O. The number of nitrogens with zero attached hydrogens (tertiary/aromatic N) is 3. The van der Waals surface area contributed by atoms with Gasteiger partial charge in [0, 0.05) is 41.3 Å². The fourth-order valence-corrected chi connectivity index (χ4v) is 9.48. The normalized spacial score (nSPS) is 39.0. The molecule has 4 heteroatoms. The van der Waals surface area contributed by atoms with Crippen LogP contribution in [0.5, 0.6) is 0 Å². The third kappa shape index (κ3) is 4.23. The van der Waals surface area contributed by atoms with E-state index in [0.29, 0.717) is 41.3 Å². The third-order valence-corrected chi connectivity index (χ3v) is 10.7. The Kier molecular flexibility index (Phi) is 6.97. The largest absolute Gasteiger partial charge is 0.375 e. The van der Waals surface area contributed by atoms with Gasteiger partial charge >= 0.3 is 0 Å². The summed E-state index contributed by atoms with van der Waals surface area (Å²) in [6.07, 6.45) is 15.7. The molecule has 0 radical (unpaired) electrons. The lowest BCUT2D eigenvalue weighted by molar-refractivity contribution is -0.0154. The molecule has 5 rings (SSSR count). The second-order valence-corrected chi connectivity index (χ2v) is 13.4. The molecule has 4 atom stereocenters. The van der Waals surface area contributed by atoms with Gasteiger partial charge in [0.25, 0.3) is 0 Å². The smallest absolute Gasteiger partial charge is 0.0750 e. The summed E-state index contributed by atoms with van der Waals surface area (Å²) in [6.45, 7) is 18.1. The maximum absolute atomic E-state index is 6.83. The van der Waals surface area contributed by atoms with Gasteiger partial charge in [0.1, 0.15) is 0 Å². The standard InChI is InChI=1S/C29H53N3O/c1-21(2)30-17-11-24(12-18-30)25-9-16-29(31(25)22(3)4)19-27(33-20-29)26-10-15-28(13-7-8-14-28)32(26)23(5)6/h21-27H,7-20H2,1-6H3. The van der Waals surface area contributed by atoms with Crippen molar-refractivity contribution in [3.8, 4) is 0 Å². The van der Waals surface area contributed by atoms with E-state index in [1.807, 2.05) is 0 Å².